The summed E-state index contributed by atoms with van der Waals surface area (Å²) in [7, 11) is 1.57. The van der Waals surface area contributed by atoms with Gasteiger partial charge in [0.25, 0.3) is 0 Å². The summed E-state index contributed by atoms with van der Waals surface area (Å²) in [4.78, 5) is 21.0. The third-order valence-electron chi connectivity index (χ3n) is 7.74. The van der Waals surface area contributed by atoms with Crippen molar-refractivity contribution in [3.8, 4) is 34.3 Å². The maximum absolute atomic E-state index is 14.4. The fourth-order valence-electron chi connectivity index (χ4n) is 5.33. The maximum atomic E-state index is 14.4. The van der Waals surface area contributed by atoms with Crippen LogP contribution in [0.5, 0.6) is 5.88 Å². The van der Waals surface area contributed by atoms with E-state index in [1.807, 2.05) is 28.8 Å². The van der Waals surface area contributed by atoms with Gasteiger partial charge < -0.3 is 19.1 Å². The lowest BCUT2D eigenvalue weighted by Gasteiger charge is -2.14. The first kappa shape index (κ1) is 32.0. The summed E-state index contributed by atoms with van der Waals surface area (Å²) in [6.45, 7) is -2.18. The molecule has 0 aliphatic heterocycles. The van der Waals surface area contributed by atoms with Crippen molar-refractivity contribution in [2.24, 2.45) is 0 Å². The van der Waals surface area contributed by atoms with Gasteiger partial charge in [0.15, 0.2) is 0 Å². The number of rotatable bonds is 12. The summed E-state index contributed by atoms with van der Waals surface area (Å²) in [5, 5.41) is 22.4. The molecule has 0 bridgehead atoms. The van der Waals surface area contributed by atoms with Crippen LogP contribution in [0.4, 0.5) is 13.2 Å². The van der Waals surface area contributed by atoms with Crippen LogP contribution in [0.2, 0.25) is 0 Å². The average molecular weight is 653 g/mol. The number of carboxylic acids is 1. The number of alkyl halides is 2. The molecule has 48 heavy (non-hydrogen) atoms. The van der Waals surface area contributed by atoms with Gasteiger partial charge >= 0.3 is 12.5 Å². The molecule has 0 fully saturated rings. The summed E-state index contributed by atoms with van der Waals surface area (Å²) in [5.74, 6) is -0.757. The van der Waals surface area contributed by atoms with Crippen molar-refractivity contribution in [1.29, 1.82) is 5.26 Å². The molecule has 10 nitrogen and oxygen atoms in total. The Labute approximate surface area is 272 Å². The molecule has 13 heteroatoms. The number of ether oxygens (including phenoxy) is 2. The van der Waals surface area contributed by atoms with E-state index in [0.717, 1.165) is 11.6 Å². The van der Waals surface area contributed by atoms with Crippen LogP contribution < -0.4 is 4.74 Å². The molecule has 0 atom stereocenters. The van der Waals surface area contributed by atoms with Crippen molar-refractivity contribution >= 4 is 17.0 Å². The van der Waals surface area contributed by atoms with Gasteiger partial charge in [-0.25, -0.2) is 23.8 Å². The van der Waals surface area contributed by atoms with Crippen LogP contribution >= 0.6 is 0 Å². The van der Waals surface area contributed by atoms with Crippen LogP contribution in [0.1, 0.15) is 39.4 Å². The van der Waals surface area contributed by atoms with Gasteiger partial charge in [-0.1, -0.05) is 24.3 Å². The summed E-state index contributed by atoms with van der Waals surface area (Å²) >= 11 is 0. The van der Waals surface area contributed by atoms with Crippen LogP contribution in [0.25, 0.3) is 33.4 Å². The van der Waals surface area contributed by atoms with E-state index in [1.54, 1.807) is 37.4 Å². The Balaban J connectivity index is 1.36. The number of hydrogen-bond acceptors (Lipinski definition) is 7. The Morgan fingerprint density at radius 3 is 2.58 bits per heavy atom. The molecule has 0 unspecified atom stereocenters. The van der Waals surface area contributed by atoms with Crippen LogP contribution in [0.3, 0.4) is 0 Å². The number of nitrogens with zero attached hydrogens (tertiary/aromatic N) is 6. The number of carbonyl (C=O) groups is 1. The number of imidazole rings is 1. The van der Waals surface area contributed by atoms with Gasteiger partial charge in [-0.2, -0.15) is 19.1 Å². The molecular formula is C35H27F3N6O4. The number of benzene rings is 3. The molecule has 3 heterocycles. The molecule has 6 rings (SSSR count). The van der Waals surface area contributed by atoms with E-state index >= 15 is 0 Å². The summed E-state index contributed by atoms with van der Waals surface area (Å²) in [6.07, 6.45) is 2.91. The molecule has 0 aliphatic rings. The molecule has 0 saturated heterocycles. The number of aromatic nitrogens is 5. The van der Waals surface area contributed by atoms with E-state index in [2.05, 4.69) is 10.1 Å². The van der Waals surface area contributed by atoms with Crippen molar-refractivity contribution in [1.82, 2.24) is 24.3 Å². The highest BCUT2D eigenvalue weighted by molar-refractivity contribution is 5.92. The predicted molar refractivity (Wildman–Crippen MR) is 169 cm³/mol. The first-order valence-electron chi connectivity index (χ1n) is 14.7. The van der Waals surface area contributed by atoms with Gasteiger partial charge in [0.2, 0.25) is 5.88 Å². The van der Waals surface area contributed by atoms with Gasteiger partial charge in [0, 0.05) is 49.0 Å². The molecular weight excluding hydrogens is 625 g/mol. The first-order valence-corrected chi connectivity index (χ1v) is 14.7. The first-order chi connectivity index (χ1) is 23.2. The number of nitriles is 1. The number of halogens is 3. The van der Waals surface area contributed by atoms with Gasteiger partial charge in [-0.05, 0) is 53.6 Å². The van der Waals surface area contributed by atoms with E-state index in [1.165, 1.54) is 30.6 Å². The van der Waals surface area contributed by atoms with Crippen LogP contribution in [-0.4, -0.2) is 49.1 Å². The molecule has 0 spiro atoms. The molecule has 0 saturated carbocycles. The average Bonchev–Trinajstić information content (AvgIpc) is 3.72. The summed E-state index contributed by atoms with van der Waals surface area (Å²) < 4.78 is 55.0. The van der Waals surface area contributed by atoms with Crippen LogP contribution in [0, 0.1) is 17.1 Å². The molecule has 3 aromatic carbocycles. The van der Waals surface area contributed by atoms with Crippen molar-refractivity contribution in [3.63, 3.8) is 0 Å². The Bertz CT molecular complexity index is 2170. The molecule has 242 valence electrons. The van der Waals surface area contributed by atoms with Gasteiger partial charge in [0.1, 0.15) is 18.2 Å². The summed E-state index contributed by atoms with van der Waals surface area (Å²) in [6, 6.07) is 21.4. The number of aromatic carboxylic acids is 1. The van der Waals surface area contributed by atoms with E-state index in [0.29, 0.717) is 57.1 Å². The van der Waals surface area contributed by atoms with Crippen molar-refractivity contribution in [2.75, 3.05) is 13.7 Å². The van der Waals surface area contributed by atoms with E-state index in [-0.39, 0.29) is 35.6 Å². The second-order valence-corrected chi connectivity index (χ2v) is 10.8. The molecule has 0 radical (unpaired) electrons. The zero-order valence-corrected chi connectivity index (χ0v) is 25.5. The lowest BCUT2D eigenvalue weighted by molar-refractivity contribution is 0.0566. The Kier molecular flexibility index (Phi) is 9.17. The minimum atomic E-state index is -2.83. The highest BCUT2D eigenvalue weighted by Gasteiger charge is 2.19. The fraction of sp³-hybridized carbons (Fsp3) is 0.171. The predicted octanol–water partition coefficient (Wildman–Crippen LogP) is 6.88. The Hall–Kier alpha value is -6.00. The van der Waals surface area contributed by atoms with Gasteiger partial charge in [-0.3, -0.25) is 0 Å². The molecule has 1 N–H and O–H groups in total. The second-order valence-electron chi connectivity index (χ2n) is 10.8. The molecule has 3 aromatic heterocycles. The zero-order chi connectivity index (χ0) is 33.8. The van der Waals surface area contributed by atoms with Crippen molar-refractivity contribution in [2.45, 2.75) is 26.1 Å². The quantitative estimate of drug-likeness (QED) is 0.152. The highest BCUT2D eigenvalue weighted by Crippen LogP contribution is 2.32. The monoisotopic (exact) mass is 652 g/mol. The van der Waals surface area contributed by atoms with Crippen LogP contribution in [0.15, 0.2) is 85.2 Å². The number of methoxy groups -OCH3 is 1. The minimum Gasteiger partial charge on any atom is -0.478 e. The molecule has 0 amide bonds. The smallest absolute Gasteiger partial charge is 0.335 e. The van der Waals surface area contributed by atoms with E-state index < -0.39 is 18.3 Å². The number of fused-ring (bicyclic) bond motifs is 1. The van der Waals surface area contributed by atoms with Crippen molar-refractivity contribution in [3.05, 3.63) is 119 Å². The Morgan fingerprint density at radius 2 is 1.85 bits per heavy atom. The SMILES string of the molecule is COCCn1c(Cc2ccc(-c3cccc(OCc4ccc(C#N)cc4F)n3)cc2-c2cnn(C(F)F)c2)nc2ccc(C(=O)O)cc21. The molecule has 6 aromatic rings. The highest BCUT2D eigenvalue weighted by atomic mass is 19.3. The number of hydrogen-bond donors (Lipinski definition) is 1. The second kappa shape index (κ2) is 13.8. The topological polar surface area (TPSA) is 128 Å². The number of pyridine rings is 1. The van der Waals surface area contributed by atoms with Gasteiger partial charge in [-0.15, -0.1) is 0 Å². The standard InChI is InChI=1S/C35H27F3N6O4/c1-47-12-11-43-31-15-24(34(45)46)9-10-30(31)41-32(43)16-22-7-8-23(14-27(22)26-18-40-44(19-26)35(37)38)29-3-2-4-33(42-29)48-20-25-6-5-21(17-39)13-28(25)36/h2-10,13-15,18-19,35H,11-12,16,20H2,1H3,(H,45,46). The zero-order valence-electron chi connectivity index (χ0n) is 25.5. The number of carboxylic acid groups (broad SMARTS) is 1. The third kappa shape index (κ3) is 6.74. The minimum absolute atomic E-state index is 0.108. The fourth-order valence-corrected chi connectivity index (χ4v) is 5.33. The largest absolute Gasteiger partial charge is 0.478 e. The lowest BCUT2D eigenvalue weighted by Crippen LogP contribution is -2.09. The van der Waals surface area contributed by atoms with E-state index in [4.69, 9.17) is 19.7 Å². The van der Waals surface area contributed by atoms with Crippen LogP contribution in [-0.2, 0) is 24.3 Å². The van der Waals surface area contributed by atoms with Crippen molar-refractivity contribution < 1.29 is 32.5 Å². The lowest BCUT2D eigenvalue weighted by atomic mass is 9.96. The van der Waals surface area contributed by atoms with E-state index in [9.17, 15) is 23.1 Å². The third-order valence-corrected chi connectivity index (χ3v) is 7.74. The normalized spacial score (nSPS) is 11.2. The summed E-state index contributed by atoms with van der Waals surface area (Å²) in [5.41, 5.74) is 4.83. The molecule has 0 aliphatic carbocycles. The maximum Gasteiger partial charge on any atom is 0.335 e. The van der Waals surface area contributed by atoms with Gasteiger partial charge in [0.05, 0.1) is 46.7 Å². The Morgan fingerprint density at radius 1 is 1.02 bits per heavy atom.